The maximum absolute atomic E-state index is 3.58. The number of allylic oxidation sites excluding steroid dienone is 2. The van der Waals surface area contributed by atoms with Crippen molar-refractivity contribution in [2.24, 2.45) is 0 Å². The summed E-state index contributed by atoms with van der Waals surface area (Å²) in [5.41, 5.74) is 1.44. The maximum atomic E-state index is 3.58. The molecule has 0 aromatic rings. The Morgan fingerprint density at radius 3 is 2.50 bits per heavy atom. The molecular formula is C10H16BrN. The first-order valence-corrected chi connectivity index (χ1v) is 5.33. The molecule has 0 aliphatic heterocycles. The van der Waals surface area contributed by atoms with Crippen LogP contribution in [0, 0.1) is 0 Å². The van der Waals surface area contributed by atoms with E-state index in [-0.39, 0.29) is 0 Å². The molecule has 0 fully saturated rings. The molecule has 12 heavy (non-hydrogen) atoms. The van der Waals surface area contributed by atoms with Gasteiger partial charge in [-0.15, -0.1) is 0 Å². The van der Waals surface area contributed by atoms with Gasteiger partial charge in [0.2, 0.25) is 0 Å². The van der Waals surface area contributed by atoms with E-state index in [4.69, 9.17) is 0 Å². The van der Waals surface area contributed by atoms with Crippen LogP contribution in [0.4, 0.5) is 0 Å². The van der Waals surface area contributed by atoms with Gasteiger partial charge in [-0.05, 0) is 25.1 Å². The SMILES string of the molecule is CCN(CC)CC1=C(Br)CC=C1. The molecule has 1 aliphatic rings. The molecule has 1 rings (SSSR count). The highest BCUT2D eigenvalue weighted by Gasteiger charge is 2.08. The molecule has 0 saturated heterocycles. The van der Waals surface area contributed by atoms with Crippen LogP contribution in [0.2, 0.25) is 0 Å². The topological polar surface area (TPSA) is 3.24 Å². The molecule has 0 heterocycles. The maximum Gasteiger partial charge on any atom is 0.0241 e. The van der Waals surface area contributed by atoms with Crippen LogP contribution in [0.25, 0.3) is 0 Å². The molecular weight excluding hydrogens is 214 g/mol. The molecule has 2 heteroatoms. The molecule has 0 saturated carbocycles. The second-order valence-corrected chi connectivity index (χ2v) is 3.96. The van der Waals surface area contributed by atoms with Gasteiger partial charge in [-0.2, -0.15) is 0 Å². The molecule has 68 valence electrons. The highest BCUT2D eigenvalue weighted by Crippen LogP contribution is 2.24. The van der Waals surface area contributed by atoms with E-state index in [2.05, 4.69) is 46.8 Å². The fourth-order valence-electron chi connectivity index (χ4n) is 1.35. The number of rotatable bonds is 4. The highest BCUT2D eigenvalue weighted by molar-refractivity contribution is 9.11. The minimum Gasteiger partial charge on any atom is -0.300 e. The van der Waals surface area contributed by atoms with Crippen molar-refractivity contribution in [3.8, 4) is 0 Å². The van der Waals surface area contributed by atoms with E-state index in [1.807, 2.05) is 0 Å². The minimum atomic E-state index is 1.08. The van der Waals surface area contributed by atoms with E-state index < -0.39 is 0 Å². The molecule has 0 radical (unpaired) electrons. The predicted octanol–water partition coefficient (Wildman–Crippen LogP) is 2.94. The summed E-state index contributed by atoms with van der Waals surface area (Å²) in [6, 6.07) is 0. The van der Waals surface area contributed by atoms with Crippen LogP contribution in [-0.2, 0) is 0 Å². The van der Waals surface area contributed by atoms with Gasteiger partial charge in [0.25, 0.3) is 0 Å². The van der Waals surface area contributed by atoms with Gasteiger partial charge in [-0.1, -0.05) is 41.9 Å². The van der Waals surface area contributed by atoms with Gasteiger partial charge in [-0.3, -0.25) is 4.90 Å². The molecule has 0 bridgehead atoms. The molecule has 0 N–H and O–H groups in total. The standard InChI is InChI=1S/C10H16BrN/c1-3-12(4-2)8-9-6-5-7-10(9)11/h5-6H,3-4,7-8H2,1-2H3. The van der Waals surface area contributed by atoms with Crippen LogP contribution < -0.4 is 0 Å². The zero-order valence-electron chi connectivity index (χ0n) is 7.81. The summed E-state index contributed by atoms with van der Waals surface area (Å²) in [5.74, 6) is 0. The molecule has 0 spiro atoms. The number of likely N-dealkylation sites (N-methyl/N-ethyl adjacent to an activating group) is 1. The van der Waals surface area contributed by atoms with Crippen molar-refractivity contribution in [1.82, 2.24) is 4.90 Å². The molecule has 1 aliphatic carbocycles. The van der Waals surface area contributed by atoms with Crippen molar-refractivity contribution in [3.05, 3.63) is 22.2 Å². The molecule has 0 aromatic heterocycles. The summed E-state index contributed by atoms with van der Waals surface area (Å²) in [7, 11) is 0. The van der Waals surface area contributed by atoms with E-state index in [0.29, 0.717) is 0 Å². The third kappa shape index (κ3) is 2.46. The van der Waals surface area contributed by atoms with E-state index in [1.165, 1.54) is 10.1 Å². The lowest BCUT2D eigenvalue weighted by atomic mass is 10.2. The van der Waals surface area contributed by atoms with Gasteiger partial charge < -0.3 is 0 Å². The first kappa shape index (κ1) is 10.0. The van der Waals surface area contributed by atoms with Gasteiger partial charge in [0.05, 0.1) is 0 Å². The predicted molar refractivity (Wildman–Crippen MR) is 57.5 cm³/mol. The zero-order chi connectivity index (χ0) is 8.97. The quantitative estimate of drug-likeness (QED) is 0.717. The Hall–Kier alpha value is -0.0800. The van der Waals surface area contributed by atoms with Gasteiger partial charge >= 0.3 is 0 Å². The average molecular weight is 230 g/mol. The number of nitrogens with zero attached hydrogens (tertiary/aromatic N) is 1. The number of hydrogen-bond donors (Lipinski definition) is 0. The second kappa shape index (κ2) is 4.83. The lowest BCUT2D eigenvalue weighted by Gasteiger charge is -2.18. The van der Waals surface area contributed by atoms with Crippen LogP contribution in [0.15, 0.2) is 22.2 Å². The monoisotopic (exact) mass is 229 g/mol. The van der Waals surface area contributed by atoms with Crippen LogP contribution in [0.5, 0.6) is 0 Å². The molecule has 0 aromatic carbocycles. The first-order valence-electron chi connectivity index (χ1n) is 4.54. The Morgan fingerprint density at radius 2 is 2.08 bits per heavy atom. The van der Waals surface area contributed by atoms with Gasteiger partial charge in [0.1, 0.15) is 0 Å². The molecule has 1 nitrogen and oxygen atoms in total. The van der Waals surface area contributed by atoms with Gasteiger partial charge in [0.15, 0.2) is 0 Å². The van der Waals surface area contributed by atoms with Crippen LogP contribution >= 0.6 is 15.9 Å². The van der Waals surface area contributed by atoms with E-state index in [9.17, 15) is 0 Å². The van der Waals surface area contributed by atoms with E-state index in [1.54, 1.807) is 0 Å². The van der Waals surface area contributed by atoms with Gasteiger partial charge in [-0.25, -0.2) is 0 Å². The normalized spacial score (nSPS) is 16.7. The summed E-state index contributed by atoms with van der Waals surface area (Å²) >= 11 is 3.58. The summed E-state index contributed by atoms with van der Waals surface area (Å²) < 4.78 is 1.36. The Kier molecular flexibility index (Phi) is 4.02. The van der Waals surface area contributed by atoms with E-state index in [0.717, 1.165) is 26.1 Å². The van der Waals surface area contributed by atoms with Crippen LogP contribution in [-0.4, -0.2) is 24.5 Å². The van der Waals surface area contributed by atoms with Crippen molar-refractivity contribution >= 4 is 15.9 Å². The molecule has 0 amide bonds. The third-order valence-corrected chi connectivity index (χ3v) is 3.09. The van der Waals surface area contributed by atoms with Crippen LogP contribution in [0.1, 0.15) is 20.3 Å². The fraction of sp³-hybridized carbons (Fsp3) is 0.600. The molecule has 0 unspecified atom stereocenters. The molecule has 0 atom stereocenters. The highest BCUT2D eigenvalue weighted by atomic mass is 79.9. The fourth-order valence-corrected chi connectivity index (χ4v) is 1.80. The van der Waals surface area contributed by atoms with Crippen molar-refractivity contribution in [2.75, 3.05) is 19.6 Å². The number of hydrogen-bond acceptors (Lipinski definition) is 1. The van der Waals surface area contributed by atoms with Crippen LogP contribution in [0.3, 0.4) is 0 Å². The average Bonchev–Trinajstić information content (AvgIpc) is 2.47. The lowest BCUT2D eigenvalue weighted by molar-refractivity contribution is 0.332. The first-order chi connectivity index (χ1) is 5.77. The van der Waals surface area contributed by atoms with Crippen molar-refractivity contribution in [2.45, 2.75) is 20.3 Å². The minimum absolute atomic E-state index is 1.08. The summed E-state index contributed by atoms with van der Waals surface area (Å²) in [5, 5.41) is 0. The Morgan fingerprint density at radius 1 is 1.42 bits per heavy atom. The van der Waals surface area contributed by atoms with Crippen molar-refractivity contribution in [1.29, 1.82) is 0 Å². The van der Waals surface area contributed by atoms with Crippen molar-refractivity contribution in [3.63, 3.8) is 0 Å². The summed E-state index contributed by atoms with van der Waals surface area (Å²) in [6.07, 6.45) is 5.52. The Balaban J connectivity index is 2.49. The largest absolute Gasteiger partial charge is 0.300 e. The zero-order valence-corrected chi connectivity index (χ0v) is 9.39. The third-order valence-electron chi connectivity index (χ3n) is 2.25. The second-order valence-electron chi connectivity index (χ2n) is 3.00. The number of halogens is 1. The van der Waals surface area contributed by atoms with Crippen molar-refractivity contribution < 1.29 is 0 Å². The Labute approximate surface area is 83.3 Å². The Bertz CT molecular complexity index is 202. The van der Waals surface area contributed by atoms with E-state index >= 15 is 0 Å². The summed E-state index contributed by atoms with van der Waals surface area (Å²) in [4.78, 5) is 2.42. The van der Waals surface area contributed by atoms with Gasteiger partial charge in [0, 0.05) is 11.0 Å². The lowest BCUT2D eigenvalue weighted by Crippen LogP contribution is -2.24. The smallest absolute Gasteiger partial charge is 0.0241 e. The summed E-state index contributed by atoms with van der Waals surface area (Å²) in [6.45, 7) is 7.76.